The summed E-state index contributed by atoms with van der Waals surface area (Å²) >= 11 is 0. The predicted molar refractivity (Wildman–Crippen MR) is 69.5 cm³/mol. The van der Waals surface area contributed by atoms with Gasteiger partial charge in [-0.3, -0.25) is 4.79 Å². The predicted octanol–water partition coefficient (Wildman–Crippen LogP) is 1.98. The molecular formula is C13H17FN2O3. The lowest BCUT2D eigenvalue weighted by Crippen LogP contribution is -2.50. The highest BCUT2D eigenvalue weighted by Gasteiger charge is 2.31. The van der Waals surface area contributed by atoms with E-state index in [1.807, 2.05) is 0 Å². The van der Waals surface area contributed by atoms with Crippen molar-refractivity contribution in [2.75, 3.05) is 5.32 Å². The molecule has 4 N–H and O–H groups in total. The van der Waals surface area contributed by atoms with Gasteiger partial charge in [-0.2, -0.15) is 0 Å². The van der Waals surface area contributed by atoms with Crippen LogP contribution in [0.25, 0.3) is 0 Å². The molecule has 6 heteroatoms. The minimum absolute atomic E-state index is 0.0887. The number of nitrogens with two attached hydrogens (primary N) is 1. The van der Waals surface area contributed by atoms with Crippen molar-refractivity contribution in [2.24, 2.45) is 5.73 Å². The second-order valence-electron chi connectivity index (χ2n) is 4.28. The van der Waals surface area contributed by atoms with Crippen LogP contribution in [0, 0.1) is 5.82 Å². The molecule has 1 aromatic rings. The maximum Gasteiger partial charge on any atom is 0.340 e. The number of aromatic carboxylic acids is 1. The van der Waals surface area contributed by atoms with Crippen molar-refractivity contribution in [2.45, 2.75) is 32.2 Å². The highest BCUT2D eigenvalue weighted by Crippen LogP contribution is 2.21. The third-order valence-electron chi connectivity index (χ3n) is 3.19. The molecule has 0 aliphatic heterocycles. The summed E-state index contributed by atoms with van der Waals surface area (Å²) in [5.74, 6) is -2.87. The van der Waals surface area contributed by atoms with E-state index in [2.05, 4.69) is 5.32 Å². The smallest absolute Gasteiger partial charge is 0.340 e. The molecule has 1 aromatic carbocycles. The SMILES string of the molecule is CCC(N)(CC)C(=O)Nc1cccc(F)c1C(=O)O. The Morgan fingerprint density at radius 2 is 1.95 bits per heavy atom. The van der Waals surface area contributed by atoms with Crippen LogP contribution in [0.2, 0.25) is 0 Å². The van der Waals surface area contributed by atoms with Gasteiger partial charge in [-0.25, -0.2) is 9.18 Å². The Balaban J connectivity index is 3.10. The summed E-state index contributed by atoms with van der Waals surface area (Å²) in [6.07, 6.45) is 0.792. The quantitative estimate of drug-likeness (QED) is 0.761. The Kier molecular flexibility index (Phi) is 4.61. The topological polar surface area (TPSA) is 92.4 Å². The highest BCUT2D eigenvalue weighted by molar-refractivity contribution is 6.03. The summed E-state index contributed by atoms with van der Waals surface area (Å²) in [7, 11) is 0. The first-order chi connectivity index (χ1) is 8.85. The number of rotatable bonds is 5. The number of nitrogens with one attached hydrogen (secondary N) is 1. The molecule has 104 valence electrons. The van der Waals surface area contributed by atoms with Crippen LogP contribution in [0.5, 0.6) is 0 Å². The Labute approximate surface area is 110 Å². The second kappa shape index (κ2) is 5.79. The maximum absolute atomic E-state index is 13.4. The fraction of sp³-hybridized carbons (Fsp3) is 0.385. The first-order valence-electron chi connectivity index (χ1n) is 5.97. The molecule has 0 aliphatic carbocycles. The van der Waals surface area contributed by atoms with E-state index in [-0.39, 0.29) is 5.69 Å². The second-order valence-corrected chi connectivity index (χ2v) is 4.28. The molecule has 1 amide bonds. The Morgan fingerprint density at radius 1 is 1.37 bits per heavy atom. The van der Waals surface area contributed by atoms with Gasteiger partial charge < -0.3 is 16.2 Å². The van der Waals surface area contributed by atoms with E-state index in [4.69, 9.17) is 10.8 Å². The van der Waals surface area contributed by atoms with Gasteiger partial charge in [-0.15, -0.1) is 0 Å². The molecule has 0 bridgehead atoms. The van der Waals surface area contributed by atoms with E-state index in [1.165, 1.54) is 12.1 Å². The van der Waals surface area contributed by atoms with Crippen LogP contribution in [-0.4, -0.2) is 22.5 Å². The molecule has 0 saturated heterocycles. The van der Waals surface area contributed by atoms with E-state index in [1.54, 1.807) is 13.8 Å². The van der Waals surface area contributed by atoms with E-state index >= 15 is 0 Å². The van der Waals surface area contributed by atoms with Gasteiger partial charge in [0.2, 0.25) is 5.91 Å². The normalized spacial score (nSPS) is 11.2. The molecular weight excluding hydrogens is 251 g/mol. The lowest BCUT2D eigenvalue weighted by molar-refractivity contribution is -0.121. The van der Waals surface area contributed by atoms with Gasteiger partial charge in [0.25, 0.3) is 0 Å². The number of amides is 1. The summed E-state index contributed by atoms with van der Waals surface area (Å²) < 4.78 is 13.4. The van der Waals surface area contributed by atoms with Crippen molar-refractivity contribution in [3.05, 3.63) is 29.6 Å². The van der Waals surface area contributed by atoms with Gasteiger partial charge >= 0.3 is 5.97 Å². The Bertz CT molecular complexity index is 499. The maximum atomic E-state index is 13.4. The number of anilines is 1. The van der Waals surface area contributed by atoms with Crippen LogP contribution in [0.15, 0.2) is 18.2 Å². The molecule has 0 heterocycles. The van der Waals surface area contributed by atoms with Crippen LogP contribution in [0.1, 0.15) is 37.0 Å². The summed E-state index contributed by atoms with van der Waals surface area (Å²) in [5, 5.41) is 11.3. The van der Waals surface area contributed by atoms with Crippen molar-refractivity contribution in [3.63, 3.8) is 0 Å². The number of hydrogen-bond acceptors (Lipinski definition) is 3. The highest BCUT2D eigenvalue weighted by atomic mass is 19.1. The Morgan fingerprint density at radius 3 is 2.42 bits per heavy atom. The van der Waals surface area contributed by atoms with Crippen molar-refractivity contribution in [3.8, 4) is 0 Å². The van der Waals surface area contributed by atoms with E-state index in [0.717, 1.165) is 6.07 Å². The van der Waals surface area contributed by atoms with Crippen molar-refractivity contribution < 1.29 is 19.1 Å². The van der Waals surface area contributed by atoms with E-state index in [9.17, 15) is 14.0 Å². The van der Waals surface area contributed by atoms with Gasteiger partial charge in [0, 0.05) is 0 Å². The van der Waals surface area contributed by atoms with Gasteiger partial charge in [-0.1, -0.05) is 19.9 Å². The first-order valence-corrected chi connectivity index (χ1v) is 5.97. The average Bonchev–Trinajstić information content (AvgIpc) is 2.37. The number of carboxylic acids is 1. The molecule has 1 rings (SSSR count). The van der Waals surface area contributed by atoms with Gasteiger partial charge in [0.15, 0.2) is 0 Å². The number of carbonyl (C=O) groups is 2. The molecule has 5 nitrogen and oxygen atoms in total. The number of carbonyl (C=O) groups excluding carboxylic acids is 1. The largest absolute Gasteiger partial charge is 0.478 e. The molecule has 0 atom stereocenters. The molecule has 0 radical (unpaired) electrons. The molecule has 0 aliphatic rings. The molecule has 0 saturated carbocycles. The zero-order valence-corrected chi connectivity index (χ0v) is 10.9. The number of hydrogen-bond donors (Lipinski definition) is 3. The van der Waals surface area contributed by atoms with E-state index in [0.29, 0.717) is 12.8 Å². The zero-order chi connectivity index (χ0) is 14.6. The minimum Gasteiger partial charge on any atom is -0.478 e. The van der Waals surface area contributed by atoms with Crippen molar-refractivity contribution in [1.82, 2.24) is 0 Å². The minimum atomic E-state index is -1.44. The molecule has 0 aromatic heterocycles. The number of halogens is 1. The Hall–Kier alpha value is -1.95. The van der Waals surface area contributed by atoms with Crippen molar-refractivity contribution >= 4 is 17.6 Å². The fourth-order valence-corrected chi connectivity index (χ4v) is 1.66. The van der Waals surface area contributed by atoms with Crippen LogP contribution < -0.4 is 11.1 Å². The summed E-state index contributed by atoms with van der Waals surface area (Å²) in [6, 6.07) is 3.68. The van der Waals surface area contributed by atoms with Gasteiger partial charge in [0.1, 0.15) is 11.4 Å². The monoisotopic (exact) mass is 268 g/mol. The summed E-state index contributed by atoms with van der Waals surface area (Å²) in [6.45, 7) is 3.51. The lowest BCUT2D eigenvalue weighted by atomic mass is 9.93. The van der Waals surface area contributed by atoms with Crippen LogP contribution >= 0.6 is 0 Å². The lowest BCUT2D eigenvalue weighted by Gasteiger charge is -2.25. The fourth-order valence-electron chi connectivity index (χ4n) is 1.66. The molecule has 0 unspecified atom stereocenters. The number of carboxylic acid groups (broad SMARTS) is 1. The first kappa shape index (κ1) is 15.1. The average molecular weight is 268 g/mol. The third-order valence-corrected chi connectivity index (χ3v) is 3.19. The molecule has 0 spiro atoms. The van der Waals surface area contributed by atoms with Gasteiger partial charge in [-0.05, 0) is 25.0 Å². The van der Waals surface area contributed by atoms with Crippen LogP contribution in [0.3, 0.4) is 0 Å². The van der Waals surface area contributed by atoms with E-state index < -0.39 is 28.8 Å². The van der Waals surface area contributed by atoms with Crippen LogP contribution in [0.4, 0.5) is 10.1 Å². The standard InChI is InChI=1S/C13H17FN2O3/c1-3-13(15,4-2)12(19)16-9-7-5-6-8(14)10(9)11(17)18/h5-7H,3-4,15H2,1-2H3,(H,16,19)(H,17,18). The third kappa shape index (κ3) is 3.08. The molecule has 19 heavy (non-hydrogen) atoms. The van der Waals surface area contributed by atoms with Crippen molar-refractivity contribution in [1.29, 1.82) is 0 Å². The zero-order valence-electron chi connectivity index (χ0n) is 10.9. The van der Waals surface area contributed by atoms with Gasteiger partial charge in [0.05, 0.1) is 11.2 Å². The summed E-state index contributed by atoms with van der Waals surface area (Å²) in [5.41, 5.74) is 4.15. The molecule has 0 fully saturated rings. The summed E-state index contributed by atoms with van der Waals surface area (Å²) in [4.78, 5) is 23.0. The van der Waals surface area contributed by atoms with Crippen LogP contribution in [-0.2, 0) is 4.79 Å². The number of benzene rings is 1.